The fraction of sp³-hybridized carbons (Fsp3) is 0.300. The van der Waals surface area contributed by atoms with E-state index in [9.17, 15) is 19.7 Å². The van der Waals surface area contributed by atoms with Crippen molar-refractivity contribution in [1.29, 1.82) is 0 Å². The topological polar surface area (TPSA) is 114 Å². The molecule has 0 radical (unpaired) electrons. The lowest BCUT2D eigenvalue weighted by molar-refractivity contribution is -0.384. The van der Waals surface area contributed by atoms with Crippen LogP contribution in [0.3, 0.4) is 0 Å². The third-order valence-corrected chi connectivity index (χ3v) is 4.53. The molecule has 0 bridgehead atoms. The zero-order valence-corrected chi connectivity index (χ0v) is 15.8. The van der Waals surface area contributed by atoms with Crippen LogP contribution in [0.15, 0.2) is 48.5 Å². The molecule has 1 aliphatic heterocycles. The molecule has 9 nitrogen and oxygen atoms in total. The Labute approximate surface area is 167 Å². The van der Waals surface area contributed by atoms with Crippen molar-refractivity contribution in [1.82, 2.24) is 10.6 Å². The molecule has 2 aromatic rings. The molecule has 1 heterocycles. The van der Waals surface area contributed by atoms with Gasteiger partial charge in [-0.3, -0.25) is 19.7 Å². The smallest absolute Gasteiger partial charge is 0.270 e. The Bertz CT molecular complexity index is 879. The number of non-ortho nitro benzene ring substituents is 1. The first-order chi connectivity index (χ1) is 14.0. The van der Waals surface area contributed by atoms with Crippen LogP contribution >= 0.6 is 0 Å². The fourth-order valence-electron chi connectivity index (χ4n) is 2.93. The summed E-state index contributed by atoms with van der Waals surface area (Å²) in [5, 5.41) is 16.0. The highest BCUT2D eigenvalue weighted by atomic mass is 16.6. The van der Waals surface area contributed by atoms with Crippen LogP contribution in [-0.2, 0) is 16.1 Å². The SMILES string of the molecule is O=C(CNC(=O)c1cccc([N+](=O)[O-])c1)NCc1ccc(N2CCOCC2)cc1. The van der Waals surface area contributed by atoms with Gasteiger partial charge in [-0.2, -0.15) is 0 Å². The van der Waals surface area contributed by atoms with Crippen molar-refractivity contribution in [3.8, 4) is 0 Å². The summed E-state index contributed by atoms with van der Waals surface area (Å²) in [6, 6.07) is 13.3. The van der Waals surface area contributed by atoms with Crippen LogP contribution in [0.1, 0.15) is 15.9 Å². The number of hydrogen-bond acceptors (Lipinski definition) is 6. The number of nitro groups is 1. The summed E-state index contributed by atoms with van der Waals surface area (Å²) >= 11 is 0. The number of carbonyl (C=O) groups excluding carboxylic acids is 2. The van der Waals surface area contributed by atoms with Gasteiger partial charge in [0, 0.05) is 43.0 Å². The number of amides is 2. The average molecular weight is 398 g/mol. The minimum atomic E-state index is -0.576. The molecule has 0 aromatic heterocycles. The van der Waals surface area contributed by atoms with Gasteiger partial charge in [0.05, 0.1) is 24.7 Å². The number of morpholine rings is 1. The Kier molecular flexibility index (Phi) is 6.75. The van der Waals surface area contributed by atoms with Crippen LogP contribution in [-0.4, -0.2) is 49.6 Å². The molecule has 0 aliphatic carbocycles. The van der Waals surface area contributed by atoms with Gasteiger partial charge in [0.25, 0.3) is 11.6 Å². The van der Waals surface area contributed by atoms with Crippen molar-refractivity contribution >= 4 is 23.2 Å². The second kappa shape index (κ2) is 9.65. The average Bonchev–Trinajstić information content (AvgIpc) is 2.77. The lowest BCUT2D eigenvalue weighted by Crippen LogP contribution is -2.37. The quantitative estimate of drug-likeness (QED) is 0.539. The van der Waals surface area contributed by atoms with Gasteiger partial charge in [0.15, 0.2) is 0 Å². The first-order valence-electron chi connectivity index (χ1n) is 9.24. The molecular weight excluding hydrogens is 376 g/mol. The van der Waals surface area contributed by atoms with Gasteiger partial charge in [0.1, 0.15) is 0 Å². The van der Waals surface area contributed by atoms with Crippen molar-refractivity contribution < 1.29 is 19.2 Å². The summed E-state index contributed by atoms with van der Waals surface area (Å²) in [5.74, 6) is -0.889. The van der Waals surface area contributed by atoms with Crippen LogP contribution in [0, 0.1) is 10.1 Å². The van der Waals surface area contributed by atoms with Crippen molar-refractivity contribution in [2.24, 2.45) is 0 Å². The molecule has 1 fully saturated rings. The van der Waals surface area contributed by atoms with Gasteiger partial charge in [-0.1, -0.05) is 18.2 Å². The standard InChI is InChI=1S/C20H22N4O5/c25-19(14-22-20(26)16-2-1-3-18(12-16)24(27)28)21-13-15-4-6-17(7-5-15)23-8-10-29-11-9-23/h1-7,12H,8-11,13-14H2,(H,21,25)(H,22,26). The van der Waals surface area contributed by atoms with E-state index in [0.717, 1.165) is 37.6 Å². The Balaban J connectivity index is 1.44. The van der Waals surface area contributed by atoms with E-state index < -0.39 is 10.8 Å². The minimum Gasteiger partial charge on any atom is -0.378 e. The number of benzene rings is 2. The summed E-state index contributed by atoms with van der Waals surface area (Å²) in [6.45, 7) is 3.29. The number of nitrogens with zero attached hydrogens (tertiary/aromatic N) is 2. The lowest BCUT2D eigenvalue weighted by Gasteiger charge is -2.28. The molecule has 3 rings (SSSR count). The number of anilines is 1. The molecule has 2 aromatic carbocycles. The van der Waals surface area contributed by atoms with Crippen molar-refractivity contribution in [3.63, 3.8) is 0 Å². The summed E-state index contributed by atoms with van der Waals surface area (Å²) < 4.78 is 5.35. The highest BCUT2D eigenvalue weighted by molar-refractivity contribution is 5.96. The van der Waals surface area contributed by atoms with Gasteiger partial charge >= 0.3 is 0 Å². The lowest BCUT2D eigenvalue weighted by atomic mass is 10.2. The predicted octanol–water partition coefficient (Wildman–Crippen LogP) is 1.48. The molecule has 1 saturated heterocycles. The van der Waals surface area contributed by atoms with Gasteiger partial charge < -0.3 is 20.3 Å². The van der Waals surface area contributed by atoms with E-state index in [1.807, 2.05) is 24.3 Å². The molecule has 29 heavy (non-hydrogen) atoms. The molecule has 0 saturated carbocycles. The number of nitro benzene ring substituents is 1. The van der Waals surface area contributed by atoms with Crippen LogP contribution in [0.4, 0.5) is 11.4 Å². The molecule has 1 aliphatic rings. The van der Waals surface area contributed by atoms with E-state index in [1.165, 1.54) is 24.3 Å². The molecule has 0 unspecified atom stereocenters. The van der Waals surface area contributed by atoms with Crippen molar-refractivity contribution in [3.05, 3.63) is 69.8 Å². The van der Waals surface area contributed by atoms with E-state index in [2.05, 4.69) is 15.5 Å². The van der Waals surface area contributed by atoms with Crippen LogP contribution in [0.5, 0.6) is 0 Å². The predicted molar refractivity (Wildman–Crippen MR) is 107 cm³/mol. The number of carbonyl (C=O) groups is 2. The molecule has 2 N–H and O–H groups in total. The highest BCUT2D eigenvalue weighted by Gasteiger charge is 2.13. The normalized spacial score (nSPS) is 13.6. The maximum atomic E-state index is 12.1. The third kappa shape index (κ3) is 5.76. The maximum Gasteiger partial charge on any atom is 0.270 e. The van der Waals surface area contributed by atoms with Crippen LogP contribution < -0.4 is 15.5 Å². The molecule has 0 atom stereocenters. The molecular formula is C20H22N4O5. The Hall–Kier alpha value is -3.46. The van der Waals surface area contributed by atoms with E-state index in [-0.39, 0.29) is 23.7 Å². The zero-order chi connectivity index (χ0) is 20.6. The van der Waals surface area contributed by atoms with E-state index in [1.54, 1.807) is 0 Å². The summed E-state index contributed by atoms with van der Waals surface area (Å²) in [5.41, 5.74) is 2.02. The summed E-state index contributed by atoms with van der Waals surface area (Å²) in [6.07, 6.45) is 0. The Morgan fingerprint density at radius 2 is 1.79 bits per heavy atom. The van der Waals surface area contributed by atoms with E-state index >= 15 is 0 Å². The van der Waals surface area contributed by atoms with Crippen molar-refractivity contribution in [2.45, 2.75) is 6.54 Å². The number of ether oxygens (including phenoxy) is 1. The summed E-state index contributed by atoms with van der Waals surface area (Å²) in [4.78, 5) is 36.5. The Morgan fingerprint density at radius 3 is 2.48 bits per heavy atom. The highest BCUT2D eigenvalue weighted by Crippen LogP contribution is 2.16. The van der Waals surface area contributed by atoms with Gasteiger partial charge in [-0.05, 0) is 23.8 Å². The number of hydrogen-bond donors (Lipinski definition) is 2. The van der Waals surface area contributed by atoms with Crippen LogP contribution in [0.25, 0.3) is 0 Å². The first-order valence-corrected chi connectivity index (χ1v) is 9.24. The third-order valence-electron chi connectivity index (χ3n) is 4.53. The van der Waals surface area contributed by atoms with Gasteiger partial charge in [0.2, 0.25) is 5.91 Å². The monoisotopic (exact) mass is 398 g/mol. The molecule has 2 amide bonds. The maximum absolute atomic E-state index is 12.1. The number of rotatable bonds is 7. The fourth-order valence-corrected chi connectivity index (χ4v) is 2.93. The molecule has 0 spiro atoms. The zero-order valence-electron chi connectivity index (χ0n) is 15.8. The second-order valence-electron chi connectivity index (χ2n) is 6.53. The molecule has 9 heteroatoms. The molecule has 152 valence electrons. The van der Waals surface area contributed by atoms with E-state index in [0.29, 0.717) is 6.54 Å². The van der Waals surface area contributed by atoms with Crippen LogP contribution in [0.2, 0.25) is 0 Å². The Morgan fingerprint density at radius 1 is 1.07 bits per heavy atom. The number of nitrogens with one attached hydrogen (secondary N) is 2. The van der Waals surface area contributed by atoms with Gasteiger partial charge in [-0.25, -0.2) is 0 Å². The van der Waals surface area contributed by atoms with Gasteiger partial charge in [-0.15, -0.1) is 0 Å². The van der Waals surface area contributed by atoms with E-state index in [4.69, 9.17) is 4.74 Å². The minimum absolute atomic E-state index is 0.130. The first kappa shape index (κ1) is 20.3. The largest absolute Gasteiger partial charge is 0.378 e. The summed E-state index contributed by atoms with van der Waals surface area (Å²) in [7, 11) is 0. The second-order valence-corrected chi connectivity index (χ2v) is 6.53. The van der Waals surface area contributed by atoms with Crippen molar-refractivity contribution in [2.75, 3.05) is 37.7 Å².